The van der Waals surface area contributed by atoms with Crippen LogP contribution < -0.4 is 0 Å². The topological polar surface area (TPSA) is 9.86 Å². The standard InChI is InChI=1S/C42H28N2S2/c1-5-7-27-13-19-31-35(21-27)43(29-15-9-25(3)10-16-29)39-33-23-38-34(24-37(33)45-41(31)39)40-42(46-38)32-20-14-28(8-6-2)22-36(32)44(40)30-17-11-26(4)12-18-30/h9-24H,1-4H3. The summed E-state index contributed by atoms with van der Waals surface area (Å²) in [6.45, 7) is 8.08. The lowest BCUT2D eigenvalue weighted by molar-refractivity contribution is 1.18. The first kappa shape index (κ1) is 27.1. The maximum atomic E-state index is 3.28. The van der Waals surface area contributed by atoms with Gasteiger partial charge >= 0.3 is 0 Å². The zero-order chi connectivity index (χ0) is 31.1. The van der Waals surface area contributed by atoms with Gasteiger partial charge in [0.25, 0.3) is 0 Å². The molecule has 0 radical (unpaired) electrons. The summed E-state index contributed by atoms with van der Waals surface area (Å²) in [6, 6.07) is 35.9. The van der Waals surface area contributed by atoms with Crippen LogP contribution in [-0.2, 0) is 0 Å². The Morgan fingerprint density at radius 2 is 0.891 bits per heavy atom. The largest absolute Gasteiger partial charge is 0.308 e. The number of aryl methyl sites for hydroxylation is 2. The van der Waals surface area contributed by atoms with Gasteiger partial charge in [0.1, 0.15) is 0 Å². The van der Waals surface area contributed by atoms with Crippen molar-refractivity contribution in [2.45, 2.75) is 27.7 Å². The molecular weight excluding hydrogens is 597 g/mol. The van der Waals surface area contributed by atoms with Gasteiger partial charge in [-0.25, -0.2) is 0 Å². The van der Waals surface area contributed by atoms with E-state index in [0.717, 1.165) is 11.1 Å². The molecule has 0 unspecified atom stereocenters. The van der Waals surface area contributed by atoms with Gasteiger partial charge in [0.15, 0.2) is 0 Å². The second-order valence-electron chi connectivity index (χ2n) is 12.0. The van der Waals surface area contributed by atoms with Crippen LogP contribution in [-0.4, -0.2) is 9.13 Å². The van der Waals surface area contributed by atoms with Crippen LogP contribution >= 0.6 is 22.7 Å². The number of aromatic nitrogens is 2. The molecule has 0 atom stereocenters. The van der Waals surface area contributed by atoms with Crippen molar-refractivity contribution in [3.63, 3.8) is 0 Å². The molecule has 9 rings (SSSR count). The van der Waals surface area contributed by atoms with Crippen molar-refractivity contribution in [2.75, 3.05) is 0 Å². The zero-order valence-electron chi connectivity index (χ0n) is 25.9. The van der Waals surface area contributed by atoms with Gasteiger partial charge in [-0.05, 0) is 88.4 Å². The third kappa shape index (κ3) is 3.91. The van der Waals surface area contributed by atoms with Gasteiger partial charge in [-0.15, -0.1) is 34.5 Å². The summed E-state index contributed by atoms with van der Waals surface area (Å²) < 4.78 is 10.1. The molecule has 46 heavy (non-hydrogen) atoms. The van der Waals surface area contributed by atoms with E-state index in [2.05, 4.69) is 144 Å². The molecule has 0 N–H and O–H groups in total. The van der Waals surface area contributed by atoms with Crippen molar-refractivity contribution in [1.82, 2.24) is 9.13 Å². The second kappa shape index (κ2) is 10.1. The highest BCUT2D eigenvalue weighted by molar-refractivity contribution is 7.28. The number of benzene rings is 5. The molecule has 218 valence electrons. The van der Waals surface area contributed by atoms with Crippen LogP contribution in [0, 0.1) is 37.5 Å². The van der Waals surface area contributed by atoms with Gasteiger partial charge in [0.2, 0.25) is 0 Å². The Morgan fingerprint density at radius 3 is 1.28 bits per heavy atom. The fraction of sp³-hybridized carbons (Fsp3) is 0.0952. The van der Waals surface area contributed by atoms with E-state index in [-0.39, 0.29) is 0 Å². The van der Waals surface area contributed by atoms with E-state index in [1.807, 2.05) is 36.5 Å². The summed E-state index contributed by atoms with van der Waals surface area (Å²) in [6.07, 6.45) is 0. The van der Waals surface area contributed by atoms with Crippen LogP contribution in [0.2, 0.25) is 0 Å². The molecule has 0 aliphatic carbocycles. The van der Waals surface area contributed by atoms with Crippen LogP contribution in [0.5, 0.6) is 0 Å². The molecule has 0 saturated heterocycles. The van der Waals surface area contributed by atoms with Crippen LogP contribution in [0.4, 0.5) is 0 Å². The van der Waals surface area contributed by atoms with Gasteiger partial charge < -0.3 is 9.13 Å². The van der Waals surface area contributed by atoms with Crippen molar-refractivity contribution >= 4 is 85.1 Å². The Bertz CT molecular complexity index is 2630. The third-order valence-corrected chi connectivity index (χ3v) is 11.3. The molecule has 0 saturated carbocycles. The van der Waals surface area contributed by atoms with Crippen LogP contribution in [0.15, 0.2) is 97.1 Å². The highest BCUT2D eigenvalue weighted by Gasteiger charge is 2.22. The minimum Gasteiger partial charge on any atom is -0.308 e. The highest BCUT2D eigenvalue weighted by atomic mass is 32.1. The van der Waals surface area contributed by atoms with Crippen LogP contribution in [0.25, 0.3) is 73.8 Å². The van der Waals surface area contributed by atoms with Gasteiger partial charge in [0, 0.05) is 53.4 Å². The molecule has 0 aliphatic rings. The predicted octanol–water partition coefficient (Wildman–Crippen LogP) is 11.7. The third-order valence-electron chi connectivity index (χ3n) is 8.98. The smallest absolute Gasteiger partial charge is 0.0728 e. The van der Waals surface area contributed by atoms with Crippen LogP contribution in [0.3, 0.4) is 0 Å². The molecule has 0 spiro atoms. The molecule has 0 bridgehead atoms. The van der Waals surface area contributed by atoms with E-state index < -0.39 is 0 Å². The summed E-state index contributed by atoms with van der Waals surface area (Å²) in [5, 5.41) is 5.13. The fourth-order valence-corrected chi connectivity index (χ4v) is 9.38. The quantitative estimate of drug-likeness (QED) is 0.169. The van der Waals surface area contributed by atoms with E-state index in [1.54, 1.807) is 0 Å². The summed E-state index contributed by atoms with van der Waals surface area (Å²) in [5.74, 6) is 12.7. The molecule has 4 aromatic heterocycles. The lowest BCUT2D eigenvalue weighted by Crippen LogP contribution is -1.94. The number of fused-ring (bicyclic) bond motifs is 10. The van der Waals surface area contributed by atoms with Crippen LogP contribution in [0.1, 0.15) is 36.1 Å². The monoisotopic (exact) mass is 624 g/mol. The number of thiophene rings is 2. The van der Waals surface area contributed by atoms with E-state index in [1.165, 1.54) is 84.9 Å². The van der Waals surface area contributed by atoms with Gasteiger partial charge in [-0.3, -0.25) is 0 Å². The first-order valence-electron chi connectivity index (χ1n) is 15.4. The van der Waals surface area contributed by atoms with Gasteiger partial charge in [-0.2, -0.15) is 0 Å². The van der Waals surface area contributed by atoms with Crippen molar-refractivity contribution in [2.24, 2.45) is 0 Å². The average molecular weight is 625 g/mol. The lowest BCUT2D eigenvalue weighted by Gasteiger charge is -2.10. The number of rotatable bonds is 2. The Hall–Kier alpha value is -5.26. The number of hydrogen-bond acceptors (Lipinski definition) is 2. The zero-order valence-corrected chi connectivity index (χ0v) is 27.6. The van der Waals surface area contributed by atoms with Gasteiger partial charge in [-0.1, -0.05) is 59.4 Å². The van der Waals surface area contributed by atoms with Crippen molar-refractivity contribution < 1.29 is 0 Å². The molecule has 9 aromatic rings. The molecule has 0 fully saturated rings. The molecule has 0 aliphatic heterocycles. The van der Waals surface area contributed by atoms with Crippen molar-refractivity contribution in [3.05, 3.63) is 119 Å². The molecule has 5 aromatic carbocycles. The molecular formula is C42H28N2S2. The Kier molecular flexibility index (Phi) is 5.96. The van der Waals surface area contributed by atoms with E-state index in [9.17, 15) is 0 Å². The fourth-order valence-electron chi connectivity index (χ4n) is 6.90. The Morgan fingerprint density at radius 1 is 0.478 bits per heavy atom. The normalized spacial score (nSPS) is 11.6. The summed E-state index contributed by atoms with van der Waals surface area (Å²) in [4.78, 5) is 0. The number of hydrogen-bond donors (Lipinski definition) is 0. The Labute approximate surface area is 275 Å². The first-order chi connectivity index (χ1) is 22.5. The Balaban J connectivity index is 1.40. The molecule has 4 heterocycles. The van der Waals surface area contributed by atoms with Crippen molar-refractivity contribution in [1.29, 1.82) is 0 Å². The molecule has 2 nitrogen and oxygen atoms in total. The second-order valence-corrected chi connectivity index (χ2v) is 14.1. The average Bonchev–Trinajstić information content (AvgIpc) is 3.77. The maximum Gasteiger partial charge on any atom is 0.0728 e. The SMILES string of the molecule is CC#Cc1ccc2c3sc4cc5c(cc4c3n(-c3ccc(C)cc3)c2c1)sc1c2ccc(C#CC)cc2n(-c2ccc(C)cc2)c51. The van der Waals surface area contributed by atoms with E-state index in [0.29, 0.717) is 0 Å². The van der Waals surface area contributed by atoms with Gasteiger partial charge in [0.05, 0.1) is 31.5 Å². The summed E-state index contributed by atoms with van der Waals surface area (Å²) >= 11 is 3.79. The van der Waals surface area contributed by atoms with E-state index >= 15 is 0 Å². The molecule has 0 amide bonds. The summed E-state index contributed by atoms with van der Waals surface area (Å²) in [7, 11) is 0. The minimum atomic E-state index is 1.04. The lowest BCUT2D eigenvalue weighted by atomic mass is 10.1. The first-order valence-corrected chi connectivity index (χ1v) is 17.1. The van der Waals surface area contributed by atoms with Crippen molar-refractivity contribution in [3.8, 4) is 35.1 Å². The number of nitrogens with zero attached hydrogens (tertiary/aromatic N) is 2. The van der Waals surface area contributed by atoms with E-state index in [4.69, 9.17) is 0 Å². The maximum absolute atomic E-state index is 3.28. The minimum absolute atomic E-state index is 1.04. The molecule has 4 heteroatoms. The highest BCUT2D eigenvalue weighted by Crippen LogP contribution is 2.48. The predicted molar refractivity (Wildman–Crippen MR) is 200 cm³/mol. The summed E-state index contributed by atoms with van der Waals surface area (Å²) in [5.41, 5.74) is 11.9.